The summed E-state index contributed by atoms with van der Waals surface area (Å²) in [5, 5.41) is 0.692. The number of hydrogen-bond acceptors (Lipinski definition) is 2. The largest absolute Gasteiger partial charge is 0.341 e. The van der Waals surface area contributed by atoms with Gasteiger partial charge < -0.3 is 10.6 Å². The fourth-order valence-electron chi connectivity index (χ4n) is 2.41. The maximum Gasteiger partial charge on any atom is 0.227 e. The summed E-state index contributed by atoms with van der Waals surface area (Å²) in [5.74, 6) is -0.244. The molecule has 0 aliphatic rings. The standard InChI is InChI=1S/C18H21ClN2O/c1-13(17(20)15-6-4-3-5-7-15)18(22)21(2)12-14-8-10-16(19)11-9-14/h3-11,13,17H,12,20H2,1-2H3. The average molecular weight is 317 g/mol. The van der Waals surface area contributed by atoms with Crippen molar-refractivity contribution in [2.45, 2.75) is 19.5 Å². The number of nitrogens with two attached hydrogens (primary N) is 1. The molecule has 0 aliphatic carbocycles. The lowest BCUT2D eigenvalue weighted by Crippen LogP contribution is -2.36. The van der Waals surface area contributed by atoms with Crippen LogP contribution in [0.15, 0.2) is 54.6 Å². The normalized spacial score (nSPS) is 13.5. The predicted molar refractivity (Wildman–Crippen MR) is 90.5 cm³/mol. The van der Waals surface area contributed by atoms with Crippen LogP contribution in [0.3, 0.4) is 0 Å². The second kappa shape index (κ2) is 7.43. The zero-order chi connectivity index (χ0) is 16.1. The van der Waals surface area contributed by atoms with Gasteiger partial charge in [-0.2, -0.15) is 0 Å². The molecule has 0 heterocycles. The fraction of sp³-hybridized carbons (Fsp3) is 0.278. The van der Waals surface area contributed by atoms with Crippen molar-refractivity contribution in [2.24, 2.45) is 11.7 Å². The molecule has 22 heavy (non-hydrogen) atoms. The highest BCUT2D eigenvalue weighted by Gasteiger charge is 2.24. The number of halogens is 1. The van der Waals surface area contributed by atoms with Crippen molar-refractivity contribution >= 4 is 17.5 Å². The van der Waals surface area contributed by atoms with Gasteiger partial charge in [-0.15, -0.1) is 0 Å². The molecule has 1 amide bonds. The van der Waals surface area contributed by atoms with Crippen LogP contribution in [0, 0.1) is 5.92 Å². The Morgan fingerprint density at radius 2 is 1.73 bits per heavy atom. The van der Waals surface area contributed by atoms with Crippen LogP contribution in [0.4, 0.5) is 0 Å². The van der Waals surface area contributed by atoms with Gasteiger partial charge in [0.15, 0.2) is 0 Å². The zero-order valence-electron chi connectivity index (χ0n) is 12.9. The van der Waals surface area contributed by atoms with E-state index in [1.165, 1.54) is 0 Å². The monoisotopic (exact) mass is 316 g/mol. The predicted octanol–water partition coefficient (Wildman–Crippen LogP) is 3.63. The van der Waals surface area contributed by atoms with E-state index in [-0.39, 0.29) is 17.9 Å². The van der Waals surface area contributed by atoms with Crippen molar-refractivity contribution < 1.29 is 4.79 Å². The summed E-state index contributed by atoms with van der Waals surface area (Å²) in [7, 11) is 1.80. The first-order valence-electron chi connectivity index (χ1n) is 7.29. The molecular weight excluding hydrogens is 296 g/mol. The van der Waals surface area contributed by atoms with Crippen molar-refractivity contribution in [3.8, 4) is 0 Å². The van der Waals surface area contributed by atoms with E-state index in [4.69, 9.17) is 17.3 Å². The maximum absolute atomic E-state index is 12.5. The molecule has 0 aliphatic heterocycles. The van der Waals surface area contributed by atoms with Gasteiger partial charge in [0.2, 0.25) is 5.91 Å². The van der Waals surface area contributed by atoms with E-state index >= 15 is 0 Å². The number of hydrogen-bond donors (Lipinski definition) is 1. The molecule has 4 heteroatoms. The number of nitrogens with zero attached hydrogens (tertiary/aromatic N) is 1. The molecule has 0 radical (unpaired) electrons. The first kappa shape index (κ1) is 16.5. The third-order valence-corrected chi connectivity index (χ3v) is 4.07. The van der Waals surface area contributed by atoms with Gasteiger partial charge in [-0.25, -0.2) is 0 Å². The molecule has 2 atom stereocenters. The Labute approximate surface area is 136 Å². The second-order valence-electron chi connectivity index (χ2n) is 5.55. The summed E-state index contributed by atoms with van der Waals surface area (Å²) in [6.07, 6.45) is 0. The van der Waals surface area contributed by atoms with Gasteiger partial charge in [0.1, 0.15) is 0 Å². The third kappa shape index (κ3) is 4.09. The molecule has 116 valence electrons. The van der Waals surface area contributed by atoms with E-state index in [0.29, 0.717) is 11.6 Å². The van der Waals surface area contributed by atoms with Crippen molar-refractivity contribution in [2.75, 3.05) is 7.05 Å². The number of benzene rings is 2. The topological polar surface area (TPSA) is 46.3 Å². The minimum atomic E-state index is -0.304. The van der Waals surface area contributed by atoms with Gasteiger partial charge in [-0.1, -0.05) is 61.0 Å². The summed E-state index contributed by atoms with van der Waals surface area (Å²) in [5.41, 5.74) is 8.24. The highest BCUT2D eigenvalue weighted by molar-refractivity contribution is 6.30. The van der Waals surface area contributed by atoms with E-state index in [1.807, 2.05) is 61.5 Å². The van der Waals surface area contributed by atoms with Crippen molar-refractivity contribution in [1.29, 1.82) is 0 Å². The number of carbonyl (C=O) groups is 1. The molecule has 0 bridgehead atoms. The van der Waals surface area contributed by atoms with Crippen molar-refractivity contribution in [1.82, 2.24) is 4.90 Å². The van der Waals surface area contributed by atoms with Crippen LogP contribution >= 0.6 is 11.6 Å². The van der Waals surface area contributed by atoms with Crippen LogP contribution in [-0.4, -0.2) is 17.9 Å². The molecule has 0 saturated heterocycles. The average Bonchev–Trinajstić information content (AvgIpc) is 2.55. The van der Waals surface area contributed by atoms with Gasteiger partial charge in [-0.3, -0.25) is 4.79 Å². The molecular formula is C18H21ClN2O. The lowest BCUT2D eigenvalue weighted by atomic mass is 9.94. The van der Waals surface area contributed by atoms with Crippen LogP contribution in [0.2, 0.25) is 5.02 Å². The lowest BCUT2D eigenvalue weighted by Gasteiger charge is -2.25. The Bertz CT molecular complexity index is 613. The third-order valence-electron chi connectivity index (χ3n) is 3.82. The van der Waals surface area contributed by atoms with E-state index in [0.717, 1.165) is 11.1 Å². The van der Waals surface area contributed by atoms with Gasteiger partial charge in [0.25, 0.3) is 0 Å². The quantitative estimate of drug-likeness (QED) is 0.915. The minimum Gasteiger partial charge on any atom is -0.341 e. The van der Waals surface area contributed by atoms with E-state index in [2.05, 4.69) is 0 Å². The molecule has 2 unspecified atom stereocenters. The maximum atomic E-state index is 12.5. The van der Waals surface area contributed by atoms with Gasteiger partial charge in [0, 0.05) is 24.7 Å². The summed E-state index contributed by atoms with van der Waals surface area (Å²) < 4.78 is 0. The number of amides is 1. The van der Waals surface area contributed by atoms with E-state index < -0.39 is 0 Å². The first-order chi connectivity index (χ1) is 10.5. The SMILES string of the molecule is CC(C(=O)N(C)Cc1ccc(Cl)cc1)C(N)c1ccccc1. The van der Waals surface area contributed by atoms with Crippen molar-refractivity contribution in [3.63, 3.8) is 0 Å². The number of rotatable bonds is 5. The Balaban J connectivity index is 2.01. The number of carbonyl (C=O) groups excluding carboxylic acids is 1. The second-order valence-corrected chi connectivity index (χ2v) is 5.98. The molecule has 2 rings (SSSR count). The van der Waals surface area contributed by atoms with E-state index in [1.54, 1.807) is 11.9 Å². The molecule has 0 saturated carbocycles. The van der Waals surface area contributed by atoms with Crippen LogP contribution in [-0.2, 0) is 11.3 Å². The van der Waals surface area contributed by atoms with Crippen LogP contribution < -0.4 is 5.73 Å². The fourth-order valence-corrected chi connectivity index (χ4v) is 2.53. The zero-order valence-corrected chi connectivity index (χ0v) is 13.6. The first-order valence-corrected chi connectivity index (χ1v) is 7.67. The van der Waals surface area contributed by atoms with Crippen LogP contribution in [0.25, 0.3) is 0 Å². The molecule has 3 nitrogen and oxygen atoms in total. The lowest BCUT2D eigenvalue weighted by molar-refractivity contribution is -0.134. The van der Waals surface area contributed by atoms with Gasteiger partial charge in [-0.05, 0) is 23.3 Å². The summed E-state index contributed by atoms with van der Waals surface area (Å²) >= 11 is 5.87. The van der Waals surface area contributed by atoms with Crippen LogP contribution in [0.5, 0.6) is 0 Å². The Hall–Kier alpha value is -1.84. The summed E-state index contributed by atoms with van der Waals surface area (Å²) in [6, 6.07) is 16.9. The Morgan fingerprint density at radius 1 is 1.14 bits per heavy atom. The molecule has 2 aromatic rings. The minimum absolute atomic E-state index is 0.0336. The van der Waals surface area contributed by atoms with Gasteiger partial charge >= 0.3 is 0 Å². The molecule has 0 spiro atoms. The Kier molecular flexibility index (Phi) is 5.58. The molecule has 0 fully saturated rings. The Morgan fingerprint density at radius 3 is 2.32 bits per heavy atom. The summed E-state index contributed by atoms with van der Waals surface area (Å²) in [6.45, 7) is 2.42. The molecule has 0 aromatic heterocycles. The molecule has 2 N–H and O–H groups in total. The highest BCUT2D eigenvalue weighted by atomic mass is 35.5. The molecule has 2 aromatic carbocycles. The summed E-state index contributed by atoms with van der Waals surface area (Å²) in [4.78, 5) is 14.3. The van der Waals surface area contributed by atoms with Crippen LogP contribution in [0.1, 0.15) is 24.1 Å². The smallest absolute Gasteiger partial charge is 0.227 e. The van der Waals surface area contributed by atoms with Crippen molar-refractivity contribution in [3.05, 3.63) is 70.7 Å². The highest BCUT2D eigenvalue weighted by Crippen LogP contribution is 2.21. The van der Waals surface area contributed by atoms with E-state index in [9.17, 15) is 4.79 Å². The van der Waals surface area contributed by atoms with Gasteiger partial charge in [0.05, 0.1) is 5.92 Å².